The van der Waals surface area contributed by atoms with Gasteiger partial charge in [0, 0.05) is 24.8 Å². The van der Waals surface area contributed by atoms with Crippen molar-refractivity contribution in [2.75, 3.05) is 13.6 Å². The summed E-state index contributed by atoms with van der Waals surface area (Å²) in [4.78, 5) is 2.32. The molecular weight excluding hydrogens is 162 g/mol. The third-order valence-corrected chi connectivity index (χ3v) is 2.07. The monoisotopic (exact) mass is 181 g/mol. The Labute approximate surface area is 80.4 Å². The van der Waals surface area contributed by atoms with Gasteiger partial charge in [0.2, 0.25) is 0 Å². The Hall–Kier alpha value is -0.830. The van der Waals surface area contributed by atoms with Gasteiger partial charge in [-0.2, -0.15) is 5.10 Å². The highest BCUT2D eigenvalue weighted by Crippen LogP contribution is 2.02. The van der Waals surface area contributed by atoms with E-state index in [1.54, 1.807) is 0 Å². The topological polar surface area (TPSA) is 21.1 Å². The molecule has 0 bridgehead atoms. The number of hydrogen-bond donors (Lipinski definition) is 0. The predicted octanol–water partition coefficient (Wildman–Crippen LogP) is 1.74. The van der Waals surface area contributed by atoms with Crippen LogP contribution in [0.3, 0.4) is 0 Å². The lowest BCUT2D eigenvalue weighted by molar-refractivity contribution is 0.327. The molecule has 0 amide bonds. The van der Waals surface area contributed by atoms with E-state index < -0.39 is 0 Å². The molecule has 1 heterocycles. The lowest BCUT2D eigenvalue weighted by Crippen LogP contribution is -2.18. The normalized spacial score (nSPS) is 11.1. The first-order valence-electron chi connectivity index (χ1n) is 4.96. The van der Waals surface area contributed by atoms with Gasteiger partial charge in [0.1, 0.15) is 0 Å². The summed E-state index contributed by atoms with van der Waals surface area (Å²) in [7, 11) is 2.15. The first-order valence-corrected chi connectivity index (χ1v) is 4.96. The Balaban J connectivity index is 2.44. The first-order chi connectivity index (χ1) is 6.26. The third kappa shape index (κ3) is 3.19. The summed E-state index contributed by atoms with van der Waals surface area (Å²) < 4.78 is 1.97. The van der Waals surface area contributed by atoms with E-state index in [1.165, 1.54) is 12.0 Å². The number of hydrogen-bond acceptors (Lipinski definition) is 2. The summed E-state index contributed by atoms with van der Waals surface area (Å²) in [5.41, 5.74) is 1.30. The Kier molecular flexibility index (Phi) is 3.96. The van der Waals surface area contributed by atoms with Gasteiger partial charge in [-0.05, 0) is 26.9 Å². The lowest BCUT2D eigenvalue weighted by Gasteiger charge is -2.13. The number of aromatic nitrogens is 2. The van der Waals surface area contributed by atoms with Crippen LogP contribution in [-0.2, 0) is 13.1 Å². The van der Waals surface area contributed by atoms with Gasteiger partial charge in [0.15, 0.2) is 0 Å². The maximum atomic E-state index is 4.24. The van der Waals surface area contributed by atoms with Crippen molar-refractivity contribution < 1.29 is 0 Å². The molecule has 0 atom stereocenters. The van der Waals surface area contributed by atoms with E-state index in [0.717, 1.165) is 19.6 Å². The second-order valence-corrected chi connectivity index (χ2v) is 3.44. The van der Waals surface area contributed by atoms with E-state index in [9.17, 15) is 0 Å². The molecule has 0 aliphatic rings. The molecule has 1 aromatic rings. The molecule has 0 unspecified atom stereocenters. The van der Waals surface area contributed by atoms with Crippen molar-refractivity contribution in [3.63, 3.8) is 0 Å². The molecule has 1 aromatic heterocycles. The van der Waals surface area contributed by atoms with E-state index in [4.69, 9.17) is 0 Å². The fourth-order valence-electron chi connectivity index (χ4n) is 1.43. The van der Waals surface area contributed by atoms with Crippen molar-refractivity contribution in [2.24, 2.45) is 0 Å². The number of aryl methyl sites for hydroxylation is 1. The van der Waals surface area contributed by atoms with Crippen LogP contribution in [0.1, 0.15) is 25.8 Å². The second-order valence-electron chi connectivity index (χ2n) is 3.44. The molecule has 0 aliphatic carbocycles. The molecule has 13 heavy (non-hydrogen) atoms. The fourth-order valence-corrected chi connectivity index (χ4v) is 1.43. The van der Waals surface area contributed by atoms with Crippen molar-refractivity contribution in [3.8, 4) is 0 Å². The Morgan fingerprint density at radius 1 is 1.46 bits per heavy atom. The zero-order valence-electron chi connectivity index (χ0n) is 8.82. The zero-order valence-corrected chi connectivity index (χ0v) is 8.82. The molecule has 3 heteroatoms. The van der Waals surface area contributed by atoms with Gasteiger partial charge in [0.05, 0.1) is 6.20 Å². The first kappa shape index (κ1) is 10.3. The van der Waals surface area contributed by atoms with E-state index in [0.29, 0.717) is 0 Å². The molecule has 0 saturated carbocycles. The highest BCUT2D eigenvalue weighted by molar-refractivity contribution is 5.03. The Bertz CT molecular complexity index is 242. The Morgan fingerprint density at radius 2 is 2.23 bits per heavy atom. The molecule has 0 aromatic carbocycles. The highest BCUT2D eigenvalue weighted by Gasteiger charge is 2.00. The molecular formula is C10H19N3. The van der Waals surface area contributed by atoms with Crippen LogP contribution in [0.5, 0.6) is 0 Å². The minimum absolute atomic E-state index is 0.956. The maximum absolute atomic E-state index is 4.24. The fraction of sp³-hybridized carbons (Fsp3) is 0.700. The van der Waals surface area contributed by atoms with Crippen LogP contribution in [0.2, 0.25) is 0 Å². The van der Waals surface area contributed by atoms with Crippen molar-refractivity contribution in [2.45, 2.75) is 33.4 Å². The molecule has 0 aliphatic heterocycles. The lowest BCUT2D eigenvalue weighted by atomic mass is 10.3. The van der Waals surface area contributed by atoms with Crippen molar-refractivity contribution in [3.05, 3.63) is 18.0 Å². The minimum atomic E-state index is 0.956. The van der Waals surface area contributed by atoms with Crippen molar-refractivity contribution >= 4 is 0 Å². The predicted molar refractivity (Wildman–Crippen MR) is 54.5 cm³/mol. The highest BCUT2D eigenvalue weighted by atomic mass is 15.3. The Morgan fingerprint density at radius 3 is 2.77 bits per heavy atom. The van der Waals surface area contributed by atoms with Gasteiger partial charge in [-0.1, -0.05) is 6.92 Å². The van der Waals surface area contributed by atoms with Crippen molar-refractivity contribution in [1.82, 2.24) is 14.7 Å². The minimum Gasteiger partial charge on any atom is -0.302 e. The van der Waals surface area contributed by atoms with Gasteiger partial charge in [-0.3, -0.25) is 4.68 Å². The van der Waals surface area contributed by atoms with E-state index >= 15 is 0 Å². The molecule has 3 nitrogen and oxygen atoms in total. The van der Waals surface area contributed by atoms with Crippen LogP contribution in [0.15, 0.2) is 12.4 Å². The average molecular weight is 181 g/mol. The molecule has 0 N–H and O–H groups in total. The zero-order chi connectivity index (χ0) is 9.68. The average Bonchev–Trinajstić information content (AvgIpc) is 2.52. The van der Waals surface area contributed by atoms with Crippen LogP contribution in [0, 0.1) is 0 Å². The van der Waals surface area contributed by atoms with Gasteiger partial charge in [0.25, 0.3) is 0 Å². The molecule has 1 rings (SSSR count). The SMILES string of the molecule is CCCN(C)Cc1cnn(CC)c1. The summed E-state index contributed by atoms with van der Waals surface area (Å²) in [6.07, 6.45) is 5.28. The standard InChI is InChI=1S/C10H19N3/c1-4-6-12(3)8-10-7-11-13(5-2)9-10/h7,9H,4-6,8H2,1-3H3. The van der Waals surface area contributed by atoms with Gasteiger partial charge < -0.3 is 4.90 Å². The summed E-state index contributed by atoms with van der Waals surface area (Å²) in [5.74, 6) is 0. The van der Waals surface area contributed by atoms with Crippen LogP contribution in [-0.4, -0.2) is 28.3 Å². The second kappa shape index (κ2) is 5.02. The molecule has 0 spiro atoms. The number of rotatable bonds is 5. The number of nitrogens with zero attached hydrogens (tertiary/aromatic N) is 3. The van der Waals surface area contributed by atoms with Gasteiger partial charge in [-0.25, -0.2) is 0 Å². The quantitative estimate of drug-likeness (QED) is 0.690. The van der Waals surface area contributed by atoms with E-state index in [2.05, 4.69) is 37.1 Å². The van der Waals surface area contributed by atoms with Crippen LogP contribution >= 0.6 is 0 Å². The van der Waals surface area contributed by atoms with Crippen LogP contribution in [0.25, 0.3) is 0 Å². The summed E-state index contributed by atoms with van der Waals surface area (Å²) >= 11 is 0. The molecule has 0 fully saturated rings. The summed E-state index contributed by atoms with van der Waals surface area (Å²) in [6.45, 7) is 7.42. The smallest absolute Gasteiger partial charge is 0.0534 e. The molecule has 0 saturated heterocycles. The van der Waals surface area contributed by atoms with Crippen LogP contribution < -0.4 is 0 Å². The van der Waals surface area contributed by atoms with Gasteiger partial charge >= 0.3 is 0 Å². The summed E-state index contributed by atoms with van der Waals surface area (Å²) in [6, 6.07) is 0. The summed E-state index contributed by atoms with van der Waals surface area (Å²) in [5, 5.41) is 4.24. The van der Waals surface area contributed by atoms with Gasteiger partial charge in [-0.15, -0.1) is 0 Å². The third-order valence-electron chi connectivity index (χ3n) is 2.07. The van der Waals surface area contributed by atoms with Crippen LogP contribution in [0.4, 0.5) is 0 Å². The largest absolute Gasteiger partial charge is 0.302 e. The van der Waals surface area contributed by atoms with Crippen molar-refractivity contribution in [1.29, 1.82) is 0 Å². The van der Waals surface area contributed by atoms with E-state index in [-0.39, 0.29) is 0 Å². The molecule has 74 valence electrons. The van der Waals surface area contributed by atoms with E-state index in [1.807, 2.05) is 10.9 Å². The molecule has 0 radical (unpaired) electrons. The maximum Gasteiger partial charge on any atom is 0.0534 e.